The summed E-state index contributed by atoms with van der Waals surface area (Å²) in [6.07, 6.45) is 7.27. The van der Waals surface area contributed by atoms with Crippen molar-refractivity contribution in [3.05, 3.63) is 23.5 Å². The van der Waals surface area contributed by atoms with Crippen LogP contribution in [0.1, 0.15) is 44.6 Å². The number of hydrogen-bond acceptors (Lipinski definition) is 7. The van der Waals surface area contributed by atoms with E-state index in [0.29, 0.717) is 29.0 Å². The van der Waals surface area contributed by atoms with Crippen LogP contribution in [0.15, 0.2) is 16.7 Å². The molecule has 3 saturated heterocycles. The Hall–Kier alpha value is -1.74. The van der Waals surface area contributed by atoms with Gasteiger partial charge in [-0.05, 0) is 70.0 Å². The van der Waals surface area contributed by atoms with Gasteiger partial charge in [-0.1, -0.05) is 5.16 Å². The summed E-state index contributed by atoms with van der Waals surface area (Å²) in [5.74, 6) is 1.46. The van der Waals surface area contributed by atoms with Crippen LogP contribution in [0.4, 0.5) is 10.2 Å². The minimum absolute atomic E-state index is 0.241. The van der Waals surface area contributed by atoms with E-state index in [4.69, 9.17) is 14.0 Å². The molecule has 4 fully saturated rings. The molecule has 4 heterocycles. The Morgan fingerprint density at radius 3 is 2.74 bits per heavy atom. The topological polar surface area (TPSA) is 57.3 Å². The highest BCUT2D eigenvalue weighted by atomic mass is 19.1. The number of rotatable bonds is 8. The van der Waals surface area contributed by atoms with Gasteiger partial charge in [0.25, 0.3) is 0 Å². The number of anilines is 1. The summed E-state index contributed by atoms with van der Waals surface area (Å²) < 4.78 is 30.6. The maximum absolute atomic E-state index is 13.8. The molecule has 8 heteroatoms. The lowest BCUT2D eigenvalue weighted by atomic mass is 9.80. The molecular weight excluding hydrogens is 435 g/mol. The van der Waals surface area contributed by atoms with Crippen LogP contribution in [0.25, 0.3) is 11.0 Å². The van der Waals surface area contributed by atoms with Crippen molar-refractivity contribution in [3.8, 4) is 0 Å². The van der Waals surface area contributed by atoms with Crippen molar-refractivity contribution in [2.75, 3.05) is 57.4 Å². The van der Waals surface area contributed by atoms with Crippen LogP contribution < -0.4 is 4.90 Å². The van der Waals surface area contributed by atoms with Gasteiger partial charge in [0.2, 0.25) is 0 Å². The number of benzene rings is 1. The molecule has 186 valence electrons. The van der Waals surface area contributed by atoms with E-state index in [1.54, 1.807) is 6.92 Å². The Balaban J connectivity index is 0.932. The number of nitrogens with zero attached hydrogens (tertiary/aromatic N) is 4. The first-order valence-electron chi connectivity index (χ1n) is 13.1. The van der Waals surface area contributed by atoms with E-state index in [1.165, 1.54) is 51.3 Å². The SMILES string of the molecule is CCOCC1OC1N1CC12CCC(CCN1CCN(c3noc4cc(F)c(C)cc34)CC1)CC2. The predicted octanol–water partition coefficient (Wildman–Crippen LogP) is 3.79. The largest absolute Gasteiger partial charge is 0.379 e. The third-order valence-electron chi connectivity index (χ3n) is 8.61. The number of aryl methyl sites for hydroxylation is 1. The summed E-state index contributed by atoms with van der Waals surface area (Å²) in [4.78, 5) is 7.47. The zero-order chi connectivity index (χ0) is 23.3. The van der Waals surface area contributed by atoms with Gasteiger partial charge in [-0.25, -0.2) is 4.39 Å². The van der Waals surface area contributed by atoms with Gasteiger partial charge in [-0.2, -0.15) is 0 Å². The van der Waals surface area contributed by atoms with E-state index >= 15 is 0 Å². The van der Waals surface area contributed by atoms with E-state index in [-0.39, 0.29) is 5.82 Å². The second-order valence-electron chi connectivity index (χ2n) is 10.7. The molecule has 6 rings (SSSR count). The van der Waals surface area contributed by atoms with Crippen LogP contribution in [0.5, 0.6) is 0 Å². The van der Waals surface area contributed by atoms with Gasteiger partial charge < -0.3 is 18.9 Å². The molecule has 0 N–H and O–H groups in total. The fraction of sp³-hybridized carbons (Fsp3) is 0.731. The fourth-order valence-electron chi connectivity index (χ4n) is 6.19. The van der Waals surface area contributed by atoms with Crippen LogP contribution in [-0.4, -0.2) is 85.3 Å². The van der Waals surface area contributed by atoms with Gasteiger partial charge in [-0.15, -0.1) is 0 Å². The lowest BCUT2D eigenvalue weighted by Crippen LogP contribution is -2.47. The van der Waals surface area contributed by atoms with E-state index < -0.39 is 0 Å². The average Bonchev–Trinajstić information content (AvgIpc) is 3.73. The number of hydrogen-bond donors (Lipinski definition) is 0. The standard InChI is InChI=1S/C26H37FN4O3/c1-3-32-16-23-25(33-23)31-17-26(31)7-4-19(5-8-26)6-9-29-10-12-30(13-11-29)24-20-14-18(2)21(27)15-22(20)34-28-24/h14-15,19,23,25H,3-13,16-17H2,1-2H3. The number of piperazine rings is 1. The molecule has 7 nitrogen and oxygen atoms in total. The molecule has 0 radical (unpaired) electrons. The predicted molar refractivity (Wildman–Crippen MR) is 129 cm³/mol. The Bertz CT molecular complexity index is 1010. The Kier molecular flexibility index (Phi) is 6.04. The molecule has 2 aromatic rings. The maximum Gasteiger partial charge on any atom is 0.180 e. The van der Waals surface area contributed by atoms with Crippen molar-refractivity contribution in [1.82, 2.24) is 15.0 Å². The molecule has 1 aromatic carbocycles. The summed E-state index contributed by atoms with van der Waals surface area (Å²) in [6.45, 7) is 11.7. The third kappa shape index (κ3) is 4.34. The number of fused-ring (bicyclic) bond motifs is 1. The first-order chi connectivity index (χ1) is 16.6. The minimum atomic E-state index is -0.241. The van der Waals surface area contributed by atoms with Gasteiger partial charge in [0, 0.05) is 50.9 Å². The normalized spacial score (nSPS) is 33.7. The molecule has 3 unspecified atom stereocenters. The summed E-state index contributed by atoms with van der Waals surface area (Å²) in [7, 11) is 0. The Morgan fingerprint density at radius 2 is 1.97 bits per heavy atom. The molecule has 0 amide bonds. The first-order valence-corrected chi connectivity index (χ1v) is 13.1. The highest BCUT2D eigenvalue weighted by Gasteiger charge is 2.62. The van der Waals surface area contributed by atoms with Gasteiger partial charge in [0.15, 0.2) is 11.4 Å². The van der Waals surface area contributed by atoms with Crippen LogP contribution in [0.3, 0.4) is 0 Å². The van der Waals surface area contributed by atoms with Gasteiger partial charge in [0.05, 0.1) is 12.0 Å². The lowest BCUT2D eigenvalue weighted by molar-refractivity contribution is 0.128. The van der Waals surface area contributed by atoms with Gasteiger partial charge >= 0.3 is 0 Å². The number of epoxide rings is 1. The van der Waals surface area contributed by atoms with Crippen molar-refractivity contribution < 1.29 is 18.4 Å². The Morgan fingerprint density at radius 1 is 1.18 bits per heavy atom. The van der Waals surface area contributed by atoms with Crippen LogP contribution in [-0.2, 0) is 9.47 Å². The first kappa shape index (κ1) is 22.7. The lowest BCUT2D eigenvalue weighted by Gasteiger charge is -2.36. The van der Waals surface area contributed by atoms with Crippen molar-refractivity contribution in [2.24, 2.45) is 5.92 Å². The molecule has 1 saturated carbocycles. The summed E-state index contributed by atoms with van der Waals surface area (Å²) in [6, 6.07) is 3.30. The van der Waals surface area contributed by atoms with E-state index in [2.05, 4.69) is 19.9 Å². The molecule has 3 atom stereocenters. The van der Waals surface area contributed by atoms with Gasteiger partial charge in [-0.3, -0.25) is 9.80 Å². The van der Waals surface area contributed by atoms with Crippen LogP contribution in [0, 0.1) is 18.7 Å². The van der Waals surface area contributed by atoms with E-state index in [9.17, 15) is 4.39 Å². The zero-order valence-electron chi connectivity index (χ0n) is 20.5. The molecule has 1 aromatic heterocycles. The quantitative estimate of drug-likeness (QED) is 0.542. The highest BCUT2D eigenvalue weighted by Crippen LogP contribution is 2.52. The van der Waals surface area contributed by atoms with E-state index in [1.807, 2.05) is 13.0 Å². The van der Waals surface area contributed by atoms with Crippen molar-refractivity contribution in [2.45, 2.75) is 63.8 Å². The summed E-state index contributed by atoms with van der Waals surface area (Å²) in [5.41, 5.74) is 1.60. The second kappa shape index (κ2) is 9.04. The molecule has 1 aliphatic carbocycles. The number of aromatic nitrogens is 1. The summed E-state index contributed by atoms with van der Waals surface area (Å²) in [5, 5.41) is 5.17. The van der Waals surface area contributed by atoms with Crippen LogP contribution >= 0.6 is 0 Å². The second-order valence-corrected chi connectivity index (χ2v) is 10.7. The smallest absolute Gasteiger partial charge is 0.180 e. The molecule has 0 bridgehead atoms. The molecule has 3 aliphatic heterocycles. The average molecular weight is 473 g/mol. The molecule has 4 aliphatic rings. The number of halogens is 1. The van der Waals surface area contributed by atoms with Crippen molar-refractivity contribution >= 4 is 16.8 Å². The highest BCUT2D eigenvalue weighted by molar-refractivity contribution is 5.89. The summed E-state index contributed by atoms with van der Waals surface area (Å²) >= 11 is 0. The monoisotopic (exact) mass is 472 g/mol. The molecular formula is C26H37FN4O3. The van der Waals surface area contributed by atoms with Crippen molar-refractivity contribution in [1.29, 1.82) is 0 Å². The fourth-order valence-corrected chi connectivity index (χ4v) is 6.19. The zero-order valence-corrected chi connectivity index (χ0v) is 20.5. The van der Waals surface area contributed by atoms with Crippen LogP contribution in [0.2, 0.25) is 0 Å². The third-order valence-corrected chi connectivity index (χ3v) is 8.61. The maximum atomic E-state index is 13.8. The minimum Gasteiger partial charge on any atom is -0.379 e. The molecule has 1 spiro atoms. The molecule has 34 heavy (non-hydrogen) atoms. The number of ether oxygens (including phenoxy) is 2. The Labute approximate surface area is 201 Å². The van der Waals surface area contributed by atoms with Gasteiger partial charge in [0.1, 0.15) is 18.1 Å². The van der Waals surface area contributed by atoms with Crippen molar-refractivity contribution in [3.63, 3.8) is 0 Å². The van der Waals surface area contributed by atoms with E-state index in [0.717, 1.165) is 56.5 Å².